The van der Waals surface area contributed by atoms with Crippen LogP contribution in [0.3, 0.4) is 0 Å². The number of carbonyl (C=O) groups excluding carboxylic acids is 2. The highest BCUT2D eigenvalue weighted by Crippen LogP contribution is 2.19. The number of thiazole rings is 1. The minimum atomic E-state index is -0.289. The number of rotatable bonds is 6. The van der Waals surface area contributed by atoms with Crippen LogP contribution in [0.2, 0.25) is 0 Å². The summed E-state index contributed by atoms with van der Waals surface area (Å²) >= 11 is 1.70. The molecule has 2 heterocycles. The summed E-state index contributed by atoms with van der Waals surface area (Å²) in [5.41, 5.74) is 5.24. The Labute approximate surface area is 135 Å². The second kappa shape index (κ2) is 8.12. The van der Waals surface area contributed by atoms with Gasteiger partial charge in [0.25, 0.3) is 0 Å². The monoisotopic (exact) mass is 324 g/mol. The van der Waals surface area contributed by atoms with Crippen molar-refractivity contribution in [2.45, 2.75) is 39.0 Å². The van der Waals surface area contributed by atoms with E-state index in [1.807, 2.05) is 6.20 Å². The summed E-state index contributed by atoms with van der Waals surface area (Å²) in [4.78, 5) is 30.6. The molecule has 1 fully saturated rings. The first kappa shape index (κ1) is 16.7. The van der Waals surface area contributed by atoms with Crippen molar-refractivity contribution in [2.75, 3.05) is 19.6 Å². The summed E-state index contributed by atoms with van der Waals surface area (Å²) in [6.45, 7) is 4.06. The summed E-state index contributed by atoms with van der Waals surface area (Å²) in [6.07, 6.45) is 5.92. The molecule has 0 aliphatic carbocycles. The number of aryl methyl sites for hydroxylation is 1. The quantitative estimate of drug-likeness (QED) is 0.832. The van der Waals surface area contributed by atoms with Crippen LogP contribution in [0.5, 0.6) is 0 Å². The number of hydrogen-bond acceptors (Lipinski definition) is 4. The molecular weight excluding hydrogens is 300 g/mol. The molecule has 3 amide bonds. The van der Waals surface area contributed by atoms with Crippen molar-refractivity contribution in [1.29, 1.82) is 0 Å². The molecule has 0 spiro atoms. The van der Waals surface area contributed by atoms with E-state index in [4.69, 9.17) is 5.73 Å². The van der Waals surface area contributed by atoms with Crippen molar-refractivity contribution >= 4 is 23.3 Å². The van der Waals surface area contributed by atoms with Crippen LogP contribution in [0.25, 0.3) is 0 Å². The first-order valence-corrected chi connectivity index (χ1v) is 8.64. The Morgan fingerprint density at radius 2 is 2.36 bits per heavy atom. The van der Waals surface area contributed by atoms with Gasteiger partial charge in [-0.25, -0.2) is 9.78 Å². The lowest BCUT2D eigenvalue weighted by molar-refractivity contribution is -0.119. The maximum absolute atomic E-state index is 12.2. The Morgan fingerprint density at radius 1 is 1.55 bits per heavy atom. The summed E-state index contributed by atoms with van der Waals surface area (Å²) < 4.78 is 0. The van der Waals surface area contributed by atoms with Crippen LogP contribution in [0.4, 0.5) is 4.79 Å². The number of hydrogen-bond donors (Lipinski definition) is 2. The van der Waals surface area contributed by atoms with Crippen LogP contribution in [-0.4, -0.2) is 41.5 Å². The van der Waals surface area contributed by atoms with Crippen molar-refractivity contribution in [3.8, 4) is 0 Å². The second-order valence-electron chi connectivity index (χ2n) is 5.68. The molecule has 1 aromatic rings. The number of amides is 3. The number of urea groups is 1. The van der Waals surface area contributed by atoms with E-state index in [2.05, 4.69) is 17.2 Å². The molecule has 1 aliphatic rings. The third-order valence-electron chi connectivity index (χ3n) is 3.86. The van der Waals surface area contributed by atoms with E-state index in [1.165, 1.54) is 4.88 Å². The number of aromatic nitrogens is 1. The lowest BCUT2D eigenvalue weighted by atomic mass is 9.95. The molecule has 22 heavy (non-hydrogen) atoms. The first-order chi connectivity index (χ1) is 10.6. The summed E-state index contributed by atoms with van der Waals surface area (Å²) in [5.74, 6) is -0.0918. The Hall–Kier alpha value is -1.63. The molecule has 0 bridgehead atoms. The fourth-order valence-electron chi connectivity index (χ4n) is 2.72. The highest BCUT2D eigenvalue weighted by atomic mass is 32.1. The Bertz CT molecular complexity index is 517. The molecule has 1 aliphatic heterocycles. The smallest absolute Gasteiger partial charge is 0.317 e. The molecular formula is C15H24N4O2S. The van der Waals surface area contributed by atoms with E-state index < -0.39 is 0 Å². The zero-order valence-corrected chi connectivity index (χ0v) is 13.8. The highest BCUT2D eigenvalue weighted by Gasteiger charge is 2.24. The second-order valence-corrected chi connectivity index (χ2v) is 6.88. The highest BCUT2D eigenvalue weighted by molar-refractivity contribution is 7.11. The molecule has 1 saturated heterocycles. The van der Waals surface area contributed by atoms with Gasteiger partial charge in [0.05, 0.1) is 5.01 Å². The molecule has 3 N–H and O–H groups in total. The molecule has 0 aromatic carbocycles. The van der Waals surface area contributed by atoms with Crippen LogP contribution in [0.15, 0.2) is 6.20 Å². The van der Waals surface area contributed by atoms with Crippen LogP contribution < -0.4 is 11.1 Å². The van der Waals surface area contributed by atoms with Crippen LogP contribution in [0.1, 0.15) is 36.1 Å². The van der Waals surface area contributed by atoms with Gasteiger partial charge in [-0.2, -0.15) is 0 Å². The third-order valence-corrected chi connectivity index (χ3v) is 5.06. The van der Waals surface area contributed by atoms with E-state index in [0.717, 1.165) is 37.2 Å². The number of carbonyl (C=O) groups is 2. The predicted octanol–water partition coefficient (Wildman–Crippen LogP) is 1.54. The van der Waals surface area contributed by atoms with Crippen LogP contribution in [-0.2, 0) is 17.6 Å². The van der Waals surface area contributed by atoms with Crippen molar-refractivity contribution in [3.05, 3.63) is 16.1 Å². The number of primary amides is 1. The largest absolute Gasteiger partial charge is 0.370 e. The summed E-state index contributed by atoms with van der Waals surface area (Å²) in [6, 6.07) is -0.0542. The normalized spacial score (nSPS) is 18.2. The molecule has 122 valence electrons. The van der Waals surface area contributed by atoms with Gasteiger partial charge in [-0.3, -0.25) is 4.79 Å². The fraction of sp³-hybridized carbons (Fsp3) is 0.667. The first-order valence-electron chi connectivity index (χ1n) is 7.83. The molecule has 0 radical (unpaired) electrons. The van der Waals surface area contributed by atoms with Gasteiger partial charge in [-0.1, -0.05) is 6.92 Å². The number of piperidine rings is 1. The Balaban J connectivity index is 1.73. The molecule has 7 heteroatoms. The summed E-state index contributed by atoms with van der Waals surface area (Å²) in [7, 11) is 0. The topological polar surface area (TPSA) is 88.3 Å². The standard InChI is InChI=1S/C15H24N4O2S/c1-2-12-9-18-14(22-12)5-6-17-15(21)19-7-3-4-11(10-19)8-13(16)20/h9,11H,2-8,10H2,1H3,(H2,16,20)(H,17,21)/t11-/m1/s1. The minimum absolute atomic E-state index is 0.0542. The average Bonchev–Trinajstić information content (AvgIpc) is 2.94. The molecule has 0 unspecified atom stereocenters. The molecule has 2 rings (SSSR count). The van der Waals surface area contributed by atoms with Gasteiger partial charge in [0, 0.05) is 43.5 Å². The maximum Gasteiger partial charge on any atom is 0.317 e. The SMILES string of the molecule is CCc1cnc(CCNC(=O)N2CCC[C@H](CC(N)=O)C2)s1. The lowest BCUT2D eigenvalue weighted by Crippen LogP contribution is -2.46. The van der Waals surface area contributed by atoms with Crippen molar-refractivity contribution in [2.24, 2.45) is 11.7 Å². The Morgan fingerprint density at radius 3 is 3.05 bits per heavy atom. The van der Waals surface area contributed by atoms with Crippen LogP contribution in [0, 0.1) is 5.92 Å². The average molecular weight is 324 g/mol. The van der Waals surface area contributed by atoms with Crippen molar-refractivity contribution in [3.63, 3.8) is 0 Å². The van der Waals surface area contributed by atoms with Gasteiger partial charge >= 0.3 is 6.03 Å². The number of likely N-dealkylation sites (tertiary alicyclic amines) is 1. The van der Waals surface area contributed by atoms with Crippen molar-refractivity contribution in [1.82, 2.24) is 15.2 Å². The summed E-state index contributed by atoms with van der Waals surface area (Å²) in [5, 5.41) is 4.00. The Kier molecular flexibility index (Phi) is 6.18. The fourth-order valence-corrected chi connectivity index (χ4v) is 3.58. The lowest BCUT2D eigenvalue weighted by Gasteiger charge is -2.32. The molecule has 1 aromatic heterocycles. The predicted molar refractivity (Wildman–Crippen MR) is 86.7 cm³/mol. The molecule has 0 saturated carbocycles. The zero-order chi connectivity index (χ0) is 15.9. The number of nitrogens with two attached hydrogens (primary N) is 1. The number of nitrogens with zero attached hydrogens (tertiary/aromatic N) is 2. The van der Waals surface area contributed by atoms with E-state index in [0.29, 0.717) is 19.5 Å². The van der Waals surface area contributed by atoms with E-state index in [-0.39, 0.29) is 17.9 Å². The van der Waals surface area contributed by atoms with Gasteiger partial charge in [0.2, 0.25) is 5.91 Å². The van der Waals surface area contributed by atoms with Crippen LogP contribution >= 0.6 is 11.3 Å². The van der Waals surface area contributed by atoms with Gasteiger partial charge in [-0.15, -0.1) is 11.3 Å². The van der Waals surface area contributed by atoms with Gasteiger partial charge < -0.3 is 16.0 Å². The minimum Gasteiger partial charge on any atom is -0.370 e. The van der Waals surface area contributed by atoms with E-state index >= 15 is 0 Å². The maximum atomic E-state index is 12.2. The van der Waals surface area contributed by atoms with Gasteiger partial charge in [-0.05, 0) is 25.2 Å². The van der Waals surface area contributed by atoms with E-state index in [1.54, 1.807) is 16.2 Å². The molecule has 1 atom stereocenters. The van der Waals surface area contributed by atoms with Gasteiger partial charge in [0.1, 0.15) is 0 Å². The van der Waals surface area contributed by atoms with Gasteiger partial charge in [0.15, 0.2) is 0 Å². The third kappa shape index (κ3) is 4.98. The molecule has 6 nitrogen and oxygen atoms in total. The van der Waals surface area contributed by atoms with E-state index in [9.17, 15) is 9.59 Å². The zero-order valence-electron chi connectivity index (χ0n) is 13.0. The van der Waals surface area contributed by atoms with Crippen molar-refractivity contribution < 1.29 is 9.59 Å². The number of nitrogens with one attached hydrogen (secondary N) is 1.